The quantitative estimate of drug-likeness (QED) is 0.813. The molecule has 26 heavy (non-hydrogen) atoms. The van der Waals surface area contributed by atoms with E-state index in [1.807, 2.05) is 34.9 Å². The van der Waals surface area contributed by atoms with Crippen molar-refractivity contribution >= 4 is 17.5 Å². The standard InChI is InChI=1S/C21H21ClN2O2/c22-17-5-3-14(4-6-17)18-7-8-19-16-9-13(11-24(19)21(18)26)10-23(12-16)20(25)15-1-2-15/h3-8,13,15-16H,1-2,9-12H2/t13-,16-/m1/s1. The van der Waals surface area contributed by atoms with Crippen LogP contribution in [0.1, 0.15) is 30.9 Å². The summed E-state index contributed by atoms with van der Waals surface area (Å²) in [6, 6.07) is 11.4. The molecule has 2 atom stereocenters. The Hall–Kier alpha value is -2.07. The Kier molecular flexibility index (Phi) is 3.71. The number of likely N-dealkylation sites (tertiary alicyclic amines) is 1. The highest BCUT2D eigenvalue weighted by Gasteiger charge is 2.40. The molecule has 0 unspecified atom stereocenters. The van der Waals surface area contributed by atoms with Gasteiger partial charge in [-0.25, -0.2) is 0 Å². The molecule has 5 heteroatoms. The number of halogens is 1. The zero-order valence-corrected chi connectivity index (χ0v) is 15.3. The molecule has 1 amide bonds. The molecule has 3 heterocycles. The topological polar surface area (TPSA) is 42.3 Å². The lowest BCUT2D eigenvalue weighted by Crippen LogP contribution is -2.49. The Balaban J connectivity index is 1.49. The molecule has 3 aliphatic rings. The van der Waals surface area contributed by atoms with Crippen molar-refractivity contribution in [2.24, 2.45) is 11.8 Å². The second kappa shape index (κ2) is 5.98. The van der Waals surface area contributed by atoms with Crippen molar-refractivity contribution in [2.45, 2.75) is 31.7 Å². The number of pyridine rings is 1. The van der Waals surface area contributed by atoms with E-state index in [0.29, 0.717) is 23.4 Å². The van der Waals surface area contributed by atoms with Crippen molar-refractivity contribution < 1.29 is 4.79 Å². The molecule has 1 aromatic carbocycles. The van der Waals surface area contributed by atoms with Crippen LogP contribution < -0.4 is 5.56 Å². The van der Waals surface area contributed by atoms with E-state index < -0.39 is 0 Å². The molecule has 2 aliphatic heterocycles. The summed E-state index contributed by atoms with van der Waals surface area (Å²) < 4.78 is 1.95. The number of piperidine rings is 1. The summed E-state index contributed by atoms with van der Waals surface area (Å²) in [5.41, 5.74) is 2.77. The summed E-state index contributed by atoms with van der Waals surface area (Å²) in [5, 5.41) is 0.668. The number of hydrogen-bond acceptors (Lipinski definition) is 2. The van der Waals surface area contributed by atoms with Gasteiger partial charge in [-0.2, -0.15) is 0 Å². The second-order valence-corrected chi connectivity index (χ2v) is 8.35. The van der Waals surface area contributed by atoms with Crippen molar-refractivity contribution in [3.05, 3.63) is 57.5 Å². The predicted octanol–water partition coefficient (Wildman–Crippen LogP) is 3.52. The zero-order chi connectivity index (χ0) is 17.8. The Labute approximate surface area is 157 Å². The number of benzene rings is 1. The molecule has 134 valence electrons. The lowest BCUT2D eigenvalue weighted by atomic mass is 9.82. The van der Waals surface area contributed by atoms with Crippen LogP contribution in [0.4, 0.5) is 0 Å². The minimum absolute atomic E-state index is 0.0708. The van der Waals surface area contributed by atoms with Gasteiger partial charge in [-0.15, -0.1) is 0 Å². The van der Waals surface area contributed by atoms with E-state index >= 15 is 0 Å². The van der Waals surface area contributed by atoms with Crippen molar-refractivity contribution in [3.63, 3.8) is 0 Å². The first kappa shape index (κ1) is 16.1. The van der Waals surface area contributed by atoms with Gasteiger partial charge >= 0.3 is 0 Å². The molecule has 2 bridgehead atoms. The first-order chi connectivity index (χ1) is 12.6. The normalized spacial score (nSPS) is 24.3. The number of nitrogens with zero attached hydrogens (tertiary/aromatic N) is 2. The number of amides is 1. The summed E-state index contributed by atoms with van der Waals surface area (Å²) in [4.78, 5) is 27.6. The summed E-state index contributed by atoms with van der Waals surface area (Å²) in [5.74, 6) is 1.25. The monoisotopic (exact) mass is 368 g/mol. The highest BCUT2D eigenvalue weighted by Crippen LogP contribution is 2.39. The molecule has 0 spiro atoms. The van der Waals surface area contributed by atoms with Gasteiger partial charge in [0.25, 0.3) is 5.56 Å². The number of hydrogen-bond donors (Lipinski definition) is 0. The van der Waals surface area contributed by atoms with Crippen LogP contribution in [0.15, 0.2) is 41.2 Å². The molecule has 5 rings (SSSR count). The van der Waals surface area contributed by atoms with Gasteiger partial charge in [-0.1, -0.05) is 23.7 Å². The van der Waals surface area contributed by atoms with Crippen LogP contribution in [0, 0.1) is 11.8 Å². The Morgan fingerprint density at radius 3 is 2.50 bits per heavy atom. The molecule has 2 aromatic rings. The minimum atomic E-state index is 0.0708. The third-order valence-electron chi connectivity index (χ3n) is 6.00. The van der Waals surface area contributed by atoms with E-state index in [9.17, 15) is 9.59 Å². The van der Waals surface area contributed by atoms with Gasteiger partial charge in [0.2, 0.25) is 5.91 Å². The lowest BCUT2D eigenvalue weighted by molar-refractivity contribution is -0.135. The third kappa shape index (κ3) is 2.67. The van der Waals surface area contributed by atoms with E-state index in [1.165, 1.54) is 0 Å². The SMILES string of the molecule is O=C(C1CC1)N1C[C@H]2C[C@H](C1)c1ccc(-c3ccc(Cl)cc3)c(=O)n1C2. The maximum atomic E-state index is 13.1. The second-order valence-electron chi connectivity index (χ2n) is 7.91. The molecule has 2 fully saturated rings. The fraction of sp³-hybridized carbons (Fsp3) is 0.429. The molecule has 0 radical (unpaired) electrons. The minimum Gasteiger partial charge on any atom is -0.341 e. The summed E-state index contributed by atoms with van der Waals surface area (Å²) in [7, 11) is 0. The Morgan fingerprint density at radius 1 is 1.00 bits per heavy atom. The maximum Gasteiger partial charge on any atom is 0.258 e. The van der Waals surface area contributed by atoms with Crippen LogP contribution in [0.5, 0.6) is 0 Å². The van der Waals surface area contributed by atoms with Gasteiger partial charge in [0, 0.05) is 47.8 Å². The highest BCUT2D eigenvalue weighted by atomic mass is 35.5. The van der Waals surface area contributed by atoms with Crippen molar-refractivity contribution in [2.75, 3.05) is 13.1 Å². The summed E-state index contributed by atoms with van der Waals surface area (Å²) in [6.45, 7) is 2.26. The van der Waals surface area contributed by atoms with Crippen molar-refractivity contribution in [1.29, 1.82) is 0 Å². The Bertz CT molecular complexity index is 930. The van der Waals surface area contributed by atoms with Crippen molar-refractivity contribution in [1.82, 2.24) is 9.47 Å². The molecule has 0 N–H and O–H groups in total. The number of fused-ring (bicyclic) bond motifs is 4. The molecule has 1 aromatic heterocycles. The van der Waals surface area contributed by atoms with E-state index in [4.69, 9.17) is 11.6 Å². The molecular formula is C21H21ClN2O2. The van der Waals surface area contributed by atoms with Crippen LogP contribution in [0.2, 0.25) is 5.02 Å². The predicted molar refractivity (Wildman–Crippen MR) is 101 cm³/mol. The molecule has 1 aliphatic carbocycles. The van der Waals surface area contributed by atoms with Gasteiger partial charge in [0.05, 0.1) is 0 Å². The van der Waals surface area contributed by atoms with E-state index in [2.05, 4.69) is 11.0 Å². The number of carbonyl (C=O) groups excluding carboxylic acids is 1. The largest absolute Gasteiger partial charge is 0.341 e. The molecule has 1 saturated heterocycles. The zero-order valence-electron chi connectivity index (χ0n) is 14.5. The first-order valence-electron chi connectivity index (χ1n) is 9.38. The van der Waals surface area contributed by atoms with Gasteiger partial charge < -0.3 is 9.47 Å². The smallest absolute Gasteiger partial charge is 0.258 e. The number of carbonyl (C=O) groups is 1. The lowest BCUT2D eigenvalue weighted by Gasteiger charge is -2.43. The average molecular weight is 369 g/mol. The summed E-state index contributed by atoms with van der Waals surface area (Å²) >= 11 is 5.97. The van der Waals surface area contributed by atoms with Crippen LogP contribution in [-0.4, -0.2) is 28.5 Å². The summed E-state index contributed by atoms with van der Waals surface area (Å²) in [6.07, 6.45) is 3.17. The van der Waals surface area contributed by atoms with Crippen LogP contribution in [0.25, 0.3) is 11.1 Å². The first-order valence-corrected chi connectivity index (χ1v) is 9.76. The van der Waals surface area contributed by atoms with Crippen LogP contribution >= 0.6 is 11.6 Å². The fourth-order valence-electron chi connectivity index (χ4n) is 4.56. The van der Waals surface area contributed by atoms with E-state index in [1.54, 1.807) is 0 Å². The van der Waals surface area contributed by atoms with Crippen LogP contribution in [0.3, 0.4) is 0 Å². The molecular weight excluding hydrogens is 348 g/mol. The molecule has 4 nitrogen and oxygen atoms in total. The third-order valence-corrected chi connectivity index (χ3v) is 6.25. The van der Waals surface area contributed by atoms with Gasteiger partial charge in [-0.3, -0.25) is 9.59 Å². The van der Waals surface area contributed by atoms with Crippen molar-refractivity contribution in [3.8, 4) is 11.1 Å². The van der Waals surface area contributed by atoms with E-state index in [-0.39, 0.29) is 17.4 Å². The number of rotatable bonds is 2. The van der Waals surface area contributed by atoms with Gasteiger partial charge in [0.1, 0.15) is 0 Å². The van der Waals surface area contributed by atoms with Gasteiger partial charge in [-0.05, 0) is 55.0 Å². The average Bonchev–Trinajstić information content (AvgIpc) is 3.48. The molecule has 1 saturated carbocycles. The number of aromatic nitrogens is 1. The maximum absolute atomic E-state index is 13.1. The van der Waals surface area contributed by atoms with E-state index in [0.717, 1.165) is 49.2 Å². The van der Waals surface area contributed by atoms with Crippen LogP contribution in [-0.2, 0) is 11.3 Å². The Morgan fingerprint density at radius 2 is 1.77 bits per heavy atom. The highest BCUT2D eigenvalue weighted by molar-refractivity contribution is 6.30. The van der Waals surface area contributed by atoms with Gasteiger partial charge in [0.15, 0.2) is 0 Å². The fourth-order valence-corrected chi connectivity index (χ4v) is 4.69.